The maximum absolute atomic E-state index is 13.4. The molecule has 3 aromatic rings. The highest BCUT2D eigenvalue weighted by Crippen LogP contribution is 2.25. The highest BCUT2D eigenvalue weighted by Gasteiger charge is 2.27. The van der Waals surface area contributed by atoms with Crippen LogP contribution in [0, 0.1) is 6.92 Å². The summed E-state index contributed by atoms with van der Waals surface area (Å²) in [4.78, 5) is 12.8. The van der Waals surface area contributed by atoms with Crippen LogP contribution in [-0.2, 0) is 21.2 Å². The van der Waals surface area contributed by atoms with E-state index >= 15 is 0 Å². The Kier molecular flexibility index (Phi) is 9.18. The first kappa shape index (κ1) is 26.6. The zero-order valence-electron chi connectivity index (χ0n) is 20.2. The lowest BCUT2D eigenvalue weighted by atomic mass is 10.1. The summed E-state index contributed by atoms with van der Waals surface area (Å²) < 4.78 is 33.5. The summed E-state index contributed by atoms with van der Waals surface area (Å²) in [5.74, 6) is 0.449. The van der Waals surface area contributed by atoms with Crippen molar-refractivity contribution in [2.75, 3.05) is 17.4 Å². The van der Waals surface area contributed by atoms with Crippen LogP contribution in [0.3, 0.4) is 0 Å². The Morgan fingerprint density at radius 3 is 2.20 bits per heavy atom. The fraction of sp³-hybridized carbons (Fsp3) is 0.296. The first-order chi connectivity index (χ1) is 16.6. The van der Waals surface area contributed by atoms with Crippen LogP contribution in [0.4, 0.5) is 5.69 Å². The molecule has 0 aromatic heterocycles. The topological polar surface area (TPSA) is 75.7 Å². The van der Waals surface area contributed by atoms with Gasteiger partial charge in [0.25, 0.3) is 10.0 Å². The number of hydrogen-bond donors (Lipinski definition) is 1. The molecule has 0 aliphatic rings. The monoisotopic (exact) mass is 514 g/mol. The Balaban J connectivity index is 1.62. The van der Waals surface area contributed by atoms with E-state index in [1.807, 2.05) is 45.0 Å². The predicted octanol–water partition coefficient (Wildman–Crippen LogP) is 5.38. The fourth-order valence-corrected chi connectivity index (χ4v) is 5.02. The highest BCUT2D eigenvalue weighted by molar-refractivity contribution is 7.92. The average molecular weight is 515 g/mol. The number of aryl methyl sites for hydroxylation is 2. The number of carbonyl (C=O) groups excluding carboxylic acids is 1. The van der Waals surface area contributed by atoms with Crippen LogP contribution in [0.15, 0.2) is 77.7 Å². The number of carbonyl (C=O) groups is 1. The molecule has 0 aliphatic carbocycles. The number of nitrogens with zero attached hydrogens (tertiary/aromatic N) is 1. The number of anilines is 1. The molecule has 1 amide bonds. The largest absolute Gasteiger partial charge is 0.491 e. The first-order valence-corrected chi connectivity index (χ1v) is 13.3. The Morgan fingerprint density at radius 1 is 0.971 bits per heavy atom. The number of nitrogens with one attached hydrogen (secondary N) is 1. The number of rotatable bonds is 11. The summed E-state index contributed by atoms with van der Waals surface area (Å²) in [5.41, 5.74) is 2.45. The van der Waals surface area contributed by atoms with Crippen LogP contribution in [0.2, 0.25) is 5.02 Å². The molecule has 1 N–H and O–H groups in total. The molecule has 3 rings (SSSR count). The van der Waals surface area contributed by atoms with Crippen molar-refractivity contribution in [2.45, 2.75) is 44.6 Å². The van der Waals surface area contributed by atoms with E-state index in [9.17, 15) is 13.2 Å². The van der Waals surface area contributed by atoms with E-state index in [1.54, 1.807) is 48.5 Å². The van der Waals surface area contributed by atoms with Crippen LogP contribution in [-0.4, -0.2) is 33.5 Å². The maximum atomic E-state index is 13.4. The van der Waals surface area contributed by atoms with Gasteiger partial charge in [-0.15, -0.1) is 0 Å². The van der Waals surface area contributed by atoms with Crippen LogP contribution in [0.25, 0.3) is 0 Å². The Morgan fingerprint density at radius 2 is 1.60 bits per heavy atom. The molecule has 0 atom stereocenters. The van der Waals surface area contributed by atoms with E-state index in [-0.39, 0.29) is 23.5 Å². The van der Waals surface area contributed by atoms with Crippen LogP contribution in [0.5, 0.6) is 5.75 Å². The molecule has 35 heavy (non-hydrogen) atoms. The summed E-state index contributed by atoms with van der Waals surface area (Å²) >= 11 is 5.98. The molecule has 0 spiro atoms. The molecule has 0 saturated carbocycles. The highest BCUT2D eigenvalue weighted by atomic mass is 35.5. The van der Waals surface area contributed by atoms with Gasteiger partial charge in [-0.25, -0.2) is 8.42 Å². The van der Waals surface area contributed by atoms with E-state index < -0.39 is 10.0 Å². The lowest BCUT2D eigenvalue weighted by molar-refractivity contribution is -0.119. The number of sulfonamides is 1. The summed E-state index contributed by atoms with van der Waals surface area (Å²) in [7, 11) is -3.95. The fourth-order valence-electron chi connectivity index (χ4n) is 3.47. The van der Waals surface area contributed by atoms with E-state index in [0.29, 0.717) is 17.3 Å². The zero-order chi connectivity index (χ0) is 25.4. The molecular formula is C27H31ClN2O4S. The van der Waals surface area contributed by atoms with Gasteiger partial charge in [-0.05, 0) is 87.7 Å². The molecular weight excluding hydrogens is 484 g/mol. The molecule has 0 radical (unpaired) electrons. The Bertz CT molecular complexity index is 1210. The van der Waals surface area contributed by atoms with Crippen molar-refractivity contribution in [3.63, 3.8) is 0 Å². The number of halogens is 1. The normalized spacial score (nSPS) is 11.3. The third-order valence-electron chi connectivity index (χ3n) is 5.27. The zero-order valence-corrected chi connectivity index (χ0v) is 21.8. The minimum atomic E-state index is -3.95. The molecule has 0 bridgehead atoms. The van der Waals surface area contributed by atoms with Crippen molar-refractivity contribution >= 4 is 33.2 Å². The molecule has 0 saturated heterocycles. The van der Waals surface area contributed by atoms with Gasteiger partial charge in [-0.1, -0.05) is 41.4 Å². The van der Waals surface area contributed by atoms with Gasteiger partial charge in [0.05, 0.1) is 16.7 Å². The third kappa shape index (κ3) is 7.73. The summed E-state index contributed by atoms with van der Waals surface area (Å²) in [6, 6.07) is 20.8. The second-order valence-electron chi connectivity index (χ2n) is 8.57. The van der Waals surface area contributed by atoms with E-state index in [1.165, 1.54) is 0 Å². The maximum Gasteiger partial charge on any atom is 0.264 e. The molecule has 0 fully saturated rings. The molecule has 186 valence electrons. The van der Waals surface area contributed by atoms with Gasteiger partial charge in [0.15, 0.2) is 0 Å². The predicted molar refractivity (Wildman–Crippen MR) is 141 cm³/mol. The first-order valence-electron chi connectivity index (χ1n) is 11.5. The standard InChI is InChI=1S/C27H31ClN2O4S/c1-20(2)34-25-14-8-22(9-15-25)5-4-18-29-27(31)19-30(24-12-10-23(28)11-13-24)35(32,33)26-16-6-21(3)7-17-26/h6-17,20H,4-5,18-19H2,1-3H3,(H,29,31). The van der Waals surface area contributed by atoms with Crippen LogP contribution < -0.4 is 14.4 Å². The van der Waals surface area contributed by atoms with Gasteiger partial charge in [-0.3, -0.25) is 9.10 Å². The number of ether oxygens (including phenoxy) is 1. The lowest BCUT2D eigenvalue weighted by Gasteiger charge is -2.24. The summed E-state index contributed by atoms with van der Waals surface area (Å²) in [6.45, 7) is 5.95. The van der Waals surface area contributed by atoms with Crippen molar-refractivity contribution in [2.24, 2.45) is 0 Å². The summed E-state index contributed by atoms with van der Waals surface area (Å²) in [6.07, 6.45) is 1.63. The van der Waals surface area contributed by atoms with Gasteiger partial charge >= 0.3 is 0 Å². The average Bonchev–Trinajstić information content (AvgIpc) is 2.82. The number of hydrogen-bond acceptors (Lipinski definition) is 4. The van der Waals surface area contributed by atoms with Gasteiger partial charge in [0, 0.05) is 11.6 Å². The van der Waals surface area contributed by atoms with Crippen molar-refractivity contribution in [3.8, 4) is 5.75 Å². The summed E-state index contributed by atoms with van der Waals surface area (Å²) in [5, 5.41) is 3.32. The van der Waals surface area contributed by atoms with Crippen molar-refractivity contribution < 1.29 is 17.9 Å². The molecule has 6 nitrogen and oxygen atoms in total. The van der Waals surface area contributed by atoms with Gasteiger partial charge in [0.2, 0.25) is 5.91 Å². The van der Waals surface area contributed by atoms with E-state index in [4.69, 9.17) is 16.3 Å². The van der Waals surface area contributed by atoms with Crippen molar-refractivity contribution in [1.82, 2.24) is 5.32 Å². The molecule has 0 unspecified atom stereocenters. The molecule has 3 aromatic carbocycles. The molecule has 0 aliphatic heterocycles. The smallest absolute Gasteiger partial charge is 0.264 e. The van der Waals surface area contributed by atoms with Crippen molar-refractivity contribution in [1.29, 1.82) is 0 Å². The van der Waals surface area contributed by atoms with Crippen molar-refractivity contribution in [3.05, 3.63) is 88.9 Å². The van der Waals surface area contributed by atoms with Gasteiger partial charge < -0.3 is 10.1 Å². The quantitative estimate of drug-likeness (QED) is 0.348. The van der Waals surface area contributed by atoms with E-state index in [2.05, 4.69) is 5.32 Å². The second kappa shape index (κ2) is 12.1. The SMILES string of the molecule is Cc1ccc(S(=O)(=O)N(CC(=O)NCCCc2ccc(OC(C)C)cc2)c2ccc(Cl)cc2)cc1. The lowest BCUT2D eigenvalue weighted by Crippen LogP contribution is -2.41. The van der Waals surface area contributed by atoms with Gasteiger partial charge in [0.1, 0.15) is 12.3 Å². The van der Waals surface area contributed by atoms with E-state index in [0.717, 1.165) is 34.0 Å². The Labute approximate surface area is 212 Å². The minimum absolute atomic E-state index is 0.121. The Hall–Kier alpha value is -3.03. The number of benzene rings is 3. The second-order valence-corrected chi connectivity index (χ2v) is 10.9. The van der Waals surface area contributed by atoms with Gasteiger partial charge in [-0.2, -0.15) is 0 Å². The van der Waals surface area contributed by atoms with Crippen LogP contribution in [0.1, 0.15) is 31.4 Å². The minimum Gasteiger partial charge on any atom is -0.491 e. The molecule has 8 heteroatoms. The molecule has 0 heterocycles. The third-order valence-corrected chi connectivity index (χ3v) is 7.31. The van der Waals surface area contributed by atoms with Crippen LogP contribution >= 0.6 is 11.6 Å². The number of amides is 1.